The summed E-state index contributed by atoms with van der Waals surface area (Å²) in [4.78, 5) is 5.25. The van der Waals surface area contributed by atoms with Crippen molar-refractivity contribution in [3.63, 3.8) is 0 Å². The van der Waals surface area contributed by atoms with Crippen LogP contribution in [0.25, 0.3) is 0 Å². The van der Waals surface area contributed by atoms with Gasteiger partial charge in [-0.25, -0.2) is 0 Å². The monoisotopic (exact) mass is 538 g/mol. The highest BCUT2D eigenvalue weighted by Crippen LogP contribution is 2.12. The SMILES string of the molecule is C=C(C)/C=C(/C)C=C(C)C.C=CC.C=CC1=C(N=CC)CNC1.CC.CCCCCCc1ccc(S)cc1. The van der Waals surface area contributed by atoms with Crippen LogP contribution in [0.5, 0.6) is 0 Å². The molecule has 0 spiro atoms. The van der Waals surface area contributed by atoms with Gasteiger partial charge in [0.1, 0.15) is 0 Å². The van der Waals surface area contributed by atoms with Crippen LogP contribution in [0.15, 0.2) is 106 Å². The lowest BCUT2D eigenvalue weighted by atomic mass is 10.1. The zero-order chi connectivity index (χ0) is 29.8. The Morgan fingerprint density at radius 2 is 1.53 bits per heavy atom. The summed E-state index contributed by atoms with van der Waals surface area (Å²) in [5, 5.41) is 3.20. The number of aliphatic imine (C=N–C) groups is 1. The number of hydrogen-bond acceptors (Lipinski definition) is 3. The molecule has 1 aliphatic heterocycles. The molecule has 0 radical (unpaired) electrons. The fourth-order valence-electron chi connectivity index (χ4n) is 3.31. The molecule has 0 fully saturated rings. The molecule has 1 aromatic rings. The van der Waals surface area contributed by atoms with Gasteiger partial charge in [-0.3, -0.25) is 4.99 Å². The third kappa shape index (κ3) is 26.7. The number of allylic oxidation sites excluding steroid dienone is 6. The molecule has 0 aliphatic carbocycles. The second-order valence-electron chi connectivity index (χ2n) is 9.01. The fourth-order valence-corrected chi connectivity index (χ4v) is 3.46. The van der Waals surface area contributed by atoms with Crippen LogP contribution < -0.4 is 5.32 Å². The van der Waals surface area contributed by atoms with E-state index in [2.05, 4.69) is 107 Å². The fraction of sp³-hybridized carbons (Fsp3) is 0.457. The summed E-state index contributed by atoms with van der Waals surface area (Å²) >= 11 is 4.26. The summed E-state index contributed by atoms with van der Waals surface area (Å²) in [5.74, 6) is 0. The van der Waals surface area contributed by atoms with Crippen molar-refractivity contribution < 1.29 is 0 Å². The van der Waals surface area contributed by atoms with Crippen molar-refractivity contribution in [3.05, 3.63) is 102 Å². The molecular formula is C35H58N2S. The Morgan fingerprint density at radius 1 is 0.947 bits per heavy atom. The Kier molecular flexibility index (Phi) is 30.8. The maximum absolute atomic E-state index is 4.26. The van der Waals surface area contributed by atoms with Gasteiger partial charge in [-0.05, 0) is 77.7 Å². The normalized spacial score (nSPS) is 11.9. The number of hydrogen-bond donors (Lipinski definition) is 2. The molecular weight excluding hydrogens is 480 g/mol. The molecule has 0 unspecified atom stereocenters. The second-order valence-corrected chi connectivity index (χ2v) is 9.53. The number of nitrogens with zero attached hydrogens (tertiary/aromatic N) is 1. The van der Waals surface area contributed by atoms with E-state index in [1.54, 1.807) is 6.08 Å². The van der Waals surface area contributed by atoms with Crippen molar-refractivity contribution in [2.24, 2.45) is 4.99 Å². The number of thiol groups is 1. The van der Waals surface area contributed by atoms with Crippen LogP contribution in [0, 0.1) is 0 Å². The highest BCUT2D eigenvalue weighted by molar-refractivity contribution is 7.80. The summed E-state index contributed by atoms with van der Waals surface area (Å²) in [6, 6.07) is 8.49. The third-order valence-corrected chi connectivity index (χ3v) is 5.05. The first kappa shape index (κ1) is 40.1. The number of nitrogens with one attached hydrogen (secondary N) is 1. The van der Waals surface area contributed by atoms with Crippen LogP contribution in [0.1, 0.15) is 93.6 Å². The van der Waals surface area contributed by atoms with Gasteiger partial charge in [0.15, 0.2) is 0 Å². The number of benzene rings is 1. The van der Waals surface area contributed by atoms with Crippen molar-refractivity contribution in [3.8, 4) is 0 Å². The van der Waals surface area contributed by atoms with Gasteiger partial charge in [-0.1, -0.05) is 106 Å². The molecule has 0 bridgehead atoms. The molecule has 214 valence electrons. The largest absolute Gasteiger partial charge is 0.307 e. The first-order valence-electron chi connectivity index (χ1n) is 14.0. The predicted octanol–water partition coefficient (Wildman–Crippen LogP) is 10.9. The van der Waals surface area contributed by atoms with E-state index < -0.39 is 0 Å². The average Bonchev–Trinajstić information content (AvgIpc) is 3.32. The predicted molar refractivity (Wildman–Crippen MR) is 181 cm³/mol. The molecule has 0 atom stereocenters. The van der Waals surface area contributed by atoms with Gasteiger partial charge in [-0.15, -0.1) is 19.2 Å². The maximum atomic E-state index is 4.26. The third-order valence-electron chi connectivity index (χ3n) is 4.76. The highest BCUT2D eigenvalue weighted by atomic mass is 32.1. The Morgan fingerprint density at radius 3 is 1.97 bits per heavy atom. The average molecular weight is 539 g/mol. The summed E-state index contributed by atoms with van der Waals surface area (Å²) in [6.07, 6.45) is 16.2. The minimum atomic E-state index is 0.881. The van der Waals surface area contributed by atoms with E-state index >= 15 is 0 Å². The summed E-state index contributed by atoms with van der Waals surface area (Å²) < 4.78 is 0. The van der Waals surface area contributed by atoms with E-state index in [9.17, 15) is 0 Å². The first-order chi connectivity index (χ1) is 18.1. The van der Waals surface area contributed by atoms with Crippen LogP contribution in [0.2, 0.25) is 0 Å². The van der Waals surface area contributed by atoms with Gasteiger partial charge in [0, 0.05) is 24.2 Å². The molecule has 0 amide bonds. The lowest BCUT2D eigenvalue weighted by Gasteiger charge is -2.00. The van der Waals surface area contributed by atoms with E-state index in [0.717, 1.165) is 29.3 Å². The molecule has 0 aromatic heterocycles. The smallest absolute Gasteiger partial charge is 0.0582 e. The Balaban J connectivity index is -0.000000449. The number of aryl methyl sites for hydroxylation is 1. The van der Waals surface area contributed by atoms with Gasteiger partial charge in [0.05, 0.1) is 5.70 Å². The lowest BCUT2D eigenvalue weighted by Crippen LogP contribution is -2.08. The van der Waals surface area contributed by atoms with Crippen LogP contribution in [0.4, 0.5) is 0 Å². The van der Waals surface area contributed by atoms with Crippen LogP contribution in [-0.2, 0) is 6.42 Å². The van der Waals surface area contributed by atoms with Crippen LogP contribution >= 0.6 is 12.6 Å². The van der Waals surface area contributed by atoms with Gasteiger partial charge in [-0.2, -0.15) is 0 Å². The topological polar surface area (TPSA) is 24.4 Å². The summed E-state index contributed by atoms with van der Waals surface area (Å²) in [7, 11) is 0. The van der Waals surface area contributed by atoms with Gasteiger partial charge >= 0.3 is 0 Å². The van der Waals surface area contributed by atoms with E-state index in [4.69, 9.17) is 0 Å². The molecule has 1 aliphatic rings. The molecule has 3 heteroatoms. The summed E-state index contributed by atoms with van der Waals surface area (Å²) in [5.41, 5.74) is 7.49. The minimum Gasteiger partial charge on any atom is -0.307 e. The molecule has 38 heavy (non-hydrogen) atoms. The summed E-state index contributed by atoms with van der Waals surface area (Å²) in [6.45, 7) is 31.0. The number of unbranched alkanes of at least 4 members (excludes halogenated alkanes) is 3. The van der Waals surface area contributed by atoms with E-state index in [-0.39, 0.29) is 0 Å². The van der Waals surface area contributed by atoms with Crippen molar-refractivity contribution in [1.29, 1.82) is 0 Å². The molecule has 1 aromatic carbocycles. The van der Waals surface area contributed by atoms with E-state index in [0.29, 0.717) is 0 Å². The molecule has 0 saturated carbocycles. The van der Waals surface area contributed by atoms with Gasteiger partial charge in [0.2, 0.25) is 0 Å². The zero-order valence-electron chi connectivity index (χ0n) is 26.2. The Labute approximate surface area is 242 Å². The van der Waals surface area contributed by atoms with Crippen molar-refractivity contribution in [2.75, 3.05) is 13.1 Å². The molecule has 1 heterocycles. The van der Waals surface area contributed by atoms with Crippen molar-refractivity contribution in [2.45, 2.75) is 99.3 Å². The molecule has 2 rings (SSSR count). The minimum absolute atomic E-state index is 0.881. The highest BCUT2D eigenvalue weighted by Gasteiger charge is 2.08. The lowest BCUT2D eigenvalue weighted by molar-refractivity contribution is 0.667. The van der Waals surface area contributed by atoms with Crippen molar-refractivity contribution >= 4 is 18.8 Å². The van der Waals surface area contributed by atoms with Crippen molar-refractivity contribution in [1.82, 2.24) is 5.32 Å². The number of rotatable bonds is 9. The van der Waals surface area contributed by atoms with Gasteiger partial charge in [0.25, 0.3) is 0 Å². The van der Waals surface area contributed by atoms with Crippen LogP contribution in [0.3, 0.4) is 0 Å². The van der Waals surface area contributed by atoms with E-state index in [1.165, 1.54) is 54.4 Å². The van der Waals surface area contributed by atoms with Crippen LogP contribution in [-0.4, -0.2) is 19.3 Å². The Hall–Kier alpha value is -2.36. The quantitative estimate of drug-likeness (QED) is 0.105. The molecule has 2 nitrogen and oxygen atoms in total. The molecule has 1 N–H and O–H groups in total. The van der Waals surface area contributed by atoms with E-state index in [1.807, 2.05) is 46.9 Å². The molecule has 0 saturated heterocycles. The standard InChI is InChI=1S/C12H18S.C10H16.C8H12N2.C3H6.C2H6/c1-2-3-4-5-6-11-7-9-12(13)10-8-11;1-8(2)6-10(5)7-9(3)4;1-3-7-5-9-6-8(7)10-4-2;1-3-2;1-2/h7-10,13H,2-6H2,1H3;6-7H,1H2,2-5H3;3-4,9H,1,5-6H2,2H3;3H,1H2,2H3;1-2H3/b;10-6-;;;. The zero-order valence-corrected chi connectivity index (χ0v) is 27.1. The first-order valence-corrected chi connectivity index (χ1v) is 14.5. The van der Waals surface area contributed by atoms with Gasteiger partial charge < -0.3 is 5.32 Å². The Bertz CT molecular complexity index is 864. The second kappa shape index (κ2) is 29.2. The maximum Gasteiger partial charge on any atom is 0.0582 e.